The van der Waals surface area contributed by atoms with Gasteiger partial charge in [0.2, 0.25) is 0 Å². The van der Waals surface area contributed by atoms with Crippen LogP contribution in [0.3, 0.4) is 0 Å². The molecule has 0 radical (unpaired) electrons. The molecule has 1 unspecified atom stereocenters. The normalized spacial score (nSPS) is 21.5. The quantitative estimate of drug-likeness (QED) is 0.781. The molecule has 1 saturated heterocycles. The smallest absolute Gasteiger partial charge is 0.129 e. The monoisotopic (exact) mass is 328 g/mol. The Labute approximate surface area is 123 Å². The van der Waals surface area contributed by atoms with Gasteiger partial charge in [-0.2, -0.15) is 0 Å². The predicted molar refractivity (Wildman–Crippen MR) is 82.6 cm³/mol. The first-order valence-electron chi connectivity index (χ1n) is 6.96. The highest BCUT2D eigenvalue weighted by molar-refractivity contribution is 9.08. The Kier molecular flexibility index (Phi) is 5.22. The molecule has 4 heteroatoms. The number of rotatable bonds is 3. The van der Waals surface area contributed by atoms with E-state index in [1.165, 1.54) is 0 Å². The summed E-state index contributed by atoms with van der Waals surface area (Å²) in [6.45, 7) is 5.39. The van der Waals surface area contributed by atoms with E-state index < -0.39 is 0 Å². The second kappa shape index (κ2) is 6.71. The fourth-order valence-corrected chi connectivity index (χ4v) is 3.41. The van der Waals surface area contributed by atoms with Gasteiger partial charge >= 0.3 is 0 Å². The third-order valence-electron chi connectivity index (χ3n) is 3.91. The molecule has 19 heavy (non-hydrogen) atoms. The molecule has 1 fully saturated rings. The molecule has 0 bridgehead atoms. The highest BCUT2D eigenvalue weighted by atomic mass is 79.9. The lowest BCUT2D eigenvalue weighted by molar-refractivity contribution is 0.328. The molecular weight excluding hydrogens is 307 g/mol. The van der Waals surface area contributed by atoms with Crippen LogP contribution in [0, 0.1) is 5.82 Å². The lowest BCUT2D eigenvalue weighted by Crippen LogP contribution is -2.40. The first kappa shape index (κ1) is 14.8. The standard InChI is InChI=1S/C15H22BrFN2/c1-3-12-11-18(2)8-5-9-19(12)15-7-4-6-14(17)13(15)10-16/h4,6-7,12H,3,5,8-11H2,1-2H3. The highest BCUT2D eigenvalue weighted by Gasteiger charge is 2.24. The summed E-state index contributed by atoms with van der Waals surface area (Å²) < 4.78 is 13.9. The zero-order valence-electron chi connectivity index (χ0n) is 11.7. The first-order valence-corrected chi connectivity index (χ1v) is 8.08. The summed E-state index contributed by atoms with van der Waals surface area (Å²) in [6.07, 6.45) is 2.22. The molecule has 2 nitrogen and oxygen atoms in total. The van der Waals surface area contributed by atoms with Crippen molar-refractivity contribution in [2.75, 3.05) is 31.6 Å². The SMILES string of the molecule is CCC1CN(C)CCCN1c1cccc(F)c1CBr. The Balaban J connectivity index is 2.35. The lowest BCUT2D eigenvalue weighted by Gasteiger charge is -2.33. The maximum atomic E-state index is 13.9. The second-order valence-corrected chi connectivity index (χ2v) is 5.80. The van der Waals surface area contributed by atoms with Crippen molar-refractivity contribution in [3.63, 3.8) is 0 Å². The maximum absolute atomic E-state index is 13.9. The number of nitrogens with zero attached hydrogens (tertiary/aromatic N) is 2. The first-order chi connectivity index (χ1) is 9.17. The second-order valence-electron chi connectivity index (χ2n) is 5.24. The van der Waals surface area contributed by atoms with Crippen LogP contribution in [0.2, 0.25) is 0 Å². The van der Waals surface area contributed by atoms with Crippen LogP contribution < -0.4 is 4.90 Å². The molecule has 1 aliphatic rings. The Bertz CT molecular complexity index is 425. The van der Waals surface area contributed by atoms with Gasteiger partial charge < -0.3 is 9.80 Å². The molecule has 0 saturated carbocycles. The van der Waals surface area contributed by atoms with Crippen molar-refractivity contribution in [3.05, 3.63) is 29.6 Å². The van der Waals surface area contributed by atoms with Crippen molar-refractivity contribution >= 4 is 21.6 Å². The minimum Gasteiger partial charge on any atom is -0.367 e. The van der Waals surface area contributed by atoms with E-state index >= 15 is 0 Å². The van der Waals surface area contributed by atoms with Crippen molar-refractivity contribution in [2.45, 2.75) is 31.1 Å². The maximum Gasteiger partial charge on any atom is 0.129 e. The number of halogens is 2. The molecule has 2 rings (SSSR count). The Morgan fingerprint density at radius 3 is 2.84 bits per heavy atom. The van der Waals surface area contributed by atoms with Crippen molar-refractivity contribution in [1.82, 2.24) is 4.90 Å². The molecule has 1 aromatic rings. The van der Waals surface area contributed by atoms with E-state index in [0.29, 0.717) is 11.4 Å². The molecule has 106 valence electrons. The van der Waals surface area contributed by atoms with Crippen LogP contribution in [0.15, 0.2) is 18.2 Å². The van der Waals surface area contributed by atoms with E-state index in [4.69, 9.17) is 0 Å². The molecular formula is C15H22BrFN2. The van der Waals surface area contributed by atoms with Gasteiger partial charge in [-0.25, -0.2) is 4.39 Å². The minimum atomic E-state index is -0.109. The summed E-state index contributed by atoms with van der Waals surface area (Å²) >= 11 is 3.42. The highest BCUT2D eigenvalue weighted by Crippen LogP contribution is 2.29. The van der Waals surface area contributed by atoms with Gasteiger partial charge in [0, 0.05) is 35.7 Å². The van der Waals surface area contributed by atoms with Gasteiger partial charge in [-0.05, 0) is 38.6 Å². The zero-order valence-corrected chi connectivity index (χ0v) is 13.3. The van der Waals surface area contributed by atoms with Crippen molar-refractivity contribution < 1.29 is 4.39 Å². The molecule has 0 amide bonds. The predicted octanol–water partition coefficient (Wildman–Crippen LogP) is 3.64. The van der Waals surface area contributed by atoms with E-state index in [0.717, 1.165) is 43.7 Å². The number of alkyl halides is 1. The van der Waals surface area contributed by atoms with Crippen LogP contribution in [0.25, 0.3) is 0 Å². The van der Waals surface area contributed by atoms with Crippen LogP contribution in [0.1, 0.15) is 25.3 Å². The van der Waals surface area contributed by atoms with Gasteiger partial charge in [0.25, 0.3) is 0 Å². The number of hydrogen-bond donors (Lipinski definition) is 0. The number of likely N-dealkylation sites (N-methyl/N-ethyl adjacent to an activating group) is 1. The van der Waals surface area contributed by atoms with Crippen LogP contribution in [0.5, 0.6) is 0 Å². The van der Waals surface area contributed by atoms with Crippen LogP contribution in [-0.2, 0) is 5.33 Å². The summed E-state index contributed by atoms with van der Waals surface area (Å²) in [7, 11) is 2.17. The third-order valence-corrected chi connectivity index (χ3v) is 4.47. The van der Waals surface area contributed by atoms with E-state index in [2.05, 4.69) is 39.7 Å². The van der Waals surface area contributed by atoms with E-state index in [1.54, 1.807) is 6.07 Å². The van der Waals surface area contributed by atoms with Crippen LogP contribution >= 0.6 is 15.9 Å². The van der Waals surface area contributed by atoms with Crippen molar-refractivity contribution in [3.8, 4) is 0 Å². The van der Waals surface area contributed by atoms with E-state index in [1.807, 2.05) is 12.1 Å². The van der Waals surface area contributed by atoms with Gasteiger partial charge in [0.1, 0.15) is 5.82 Å². The minimum absolute atomic E-state index is 0.109. The van der Waals surface area contributed by atoms with Gasteiger partial charge in [0.05, 0.1) is 0 Å². The summed E-state index contributed by atoms with van der Waals surface area (Å²) in [5, 5.41) is 0.567. The summed E-state index contributed by atoms with van der Waals surface area (Å²) in [4.78, 5) is 4.77. The number of anilines is 1. The van der Waals surface area contributed by atoms with Crippen molar-refractivity contribution in [1.29, 1.82) is 0 Å². The molecule has 1 aliphatic heterocycles. The molecule has 1 aromatic carbocycles. The molecule has 0 N–H and O–H groups in total. The zero-order chi connectivity index (χ0) is 13.8. The Morgan fingerprint density at radius 2 is 2.16 bits per heavy atom. The average molecular weight is 329 g/mol. The summed E-state index contributed by atoms with van der Waals surface area (Å²) in [5.41, 5.74) is 1.84. The largest absolute Gasteiger partial charge is 0.367 e. The summed E-state index contributed by atoms with van der Waals surface area (Å²) in [6, 6.07) is 5.88. The van der Waals surface area contributed by atoms with E-state index in [-0.39, 0.29) is 5.82 Å². The average Bonchev–Trinajstić information content (AvgIpc) is 2.59. The van der Waals surface area contributed by atoms with Crippen LogP contribution in [-0.4, -0.2) is 37.6 Å². The lowest BCUT2D eigenvalue weighted by atomic mass is 10.1. The van der Waals surface area contributed by atoms with Gasteiger partial charge in [-0.1, -0.05) is 28.9 Å². The fourth-order valence-electron chi connectivity index (χ4n) is 2.86. The Morgan fingerprint density at radius 1 is 1.37 bits per heavy atom. The van der Waals surface area contributed by atoms with Crippen molar-refractivity contribution in [2.24, 2.45) is 0 Å². The summed E-state index contributed by atoms with van der Waals surface area (Å²) in [5.74, 6) is -0.109. The van der Waals surface area contributed by atoms with Gasteiger partial charge in [-0.3, -0.25) is 0 Å². The third kappa shape index (κ3) is 3.29. The van der Waals surface area contributed by atoms with Crippen LogP contribution in [0.4, 0.5) is 10.1 Å². The number of hydrogen-bond acceptors (Lipinski definition) is 2. The Hall–Kier alpha value is -0.610. The topological polar surface area (TPSA) is 6.48 Å². The van der Waals surface area contributed by atoms with E-state index in [9.17, 15) is 4.39 Å². The molecule has 0 aromatic heterocycles. The van der Waals surface area contributed by atoms with Gasteiger partial charge in [0.15, 0.2) is 0 Å². The van der Waals surface area contributed by atoms with Gasteiger partial charge in [-0.15, -0.1) is 0 Å². The molecule has 0 aliphatic carbocycles. The number of benzene rings is 1. The fraction of sp³-hybridized carbons (Fsp3) is 0.600. The molecule has 1 atom stereocenters. The molecule has 1 heterocycles. The molecule has 0 spiro atoms.